The van der Waals surface area contributed by atoms with Gasteiger partial charge in [-0.05, 0) is 81.6 Å². The van der Waals surface area contributed by atoms with Crippen LogP contribution in [0.2, 0.25) is 5.02 Å². The number of methoxy groups -OCH3 is 1. The Bertz CT molecular complexity index is 1180. The molecule has 0 aliphatic rings. The fraction of sp³-hybridized carbons (Fsp3) is 0.346. The number of nitrogens with zero attached hydrogens (tertiary/aromatic N) is 1. The van der Waals surface area contributed by atoms with Crippen LogP contribution in [0.25, 0.3) is 22.0 Å². The van der Waals surface area contributed by atoms with Crippen molar-refractivity contribution in [3.8, 4) is 11.1 Å². The first-order valence-electron chi connectivity index (χ1n) is 10.7. The van der Waals surface area contributed by atoms with Crippen LogP contribution < -0.4 is 0 Å². The average Bonchev–Trinajstić information content (AvgIpc) is 2.76. The molecule has 0 aliphatic carbocycles. The summed E-state index contributed by atoms with van der Waals surface area (Å²) in [6.45, 7) is 9.55. The molecule has 174 valence electrons. The molecule has 3 aromatic rings. The van der Waals surface area contributed by atoms with Crippen molar-refractivity contribution in [1.82, 2.24) is 4.98 Å². The third-order valence-electron chi connectivity index (χ3n) is 5.00. The van der Waals surface area contributed by atoms with Gasteiger partial charge in [-0.2, -0.15) is 0 Å². The smallest absolute Gasteiger partial charge is 0.356 e. The van der Waals surface area contributed by atoms with Crippen molar-refractivity contribution in [3.63, 3.8) is 0 Å². The summed E-state index contributed by atoms with van der Waals surface area (Å²) in [5, 5.41) is 1.36. The molecule has 0 saturated heterocycles. The van der Waals surface area contributed by atoms with Gasteiger partial charge < -0.3 is 14.2 Å². The number of benzene rings is 2. The first kappa shape index (κ1) is 24.7. The van der Waals surface area contributed by atoms with E-state index < -0.39 is 23.6 Å². The van der Waals surface area contributed by atoms with Crippen molar-refractivity contribution in [1.29, 1.82) is 0 Å². The van der Waals surface area contributed by atoms with Gasteiger partial charge in [0.15, 0.2) is 6.10 Å². The minimum Gasteiger partial charge on any atom is -0.464 e. The maximum atomic E-state index is 13.1. The molecule has 33 heavy (non-hydrogen) atoms. The molecule has 1 aromatic heterocycles. The molecule has 1 atom stereocenters. The van der Waals surface area contributed by atoms with Crippen molar-refractivity contribution in [2.75, 3.05) is 13.7 Å². The van der Waals surface area contributed by atoms with Crippen molar-refractivity contribution in [2.24, 2.45) is 0 Å². The molecule has 0 aliphatic heterocycles. The number of halogens is 1. The predicted molar refractivity (Wildman–Crippen MR) is 128 cm³/mol. The minimum absolute atomic E-state index is 0.201. The van der Waals surface area contributed by atoms with Crippen LogP contribution in [0.3, 0.4) is 0 Å². The van der Waals surface area contributed by atoms with Gasteiger partial charge in [-0.1, -0.05) is 23.7 Å². The Morgan fingerprint density at radius 1 is 1.09 bits per heavy atom. The number of pyridine rings is 1. The lowest BCUT2D eigenvalue weighted by Gasteiger charge is -2.29. The molecule has 0 saturated carbocycles. The van der Waals surface area contributed by atoms with Crippen LogP contribution in [0, 0.1) is 6.92 Å². The highest BCUT2D eigenvalue weighted by Crippen LogP contribution is 2.40. The number of hydrogen-bond acceptors (Lipinski definition) is 6. The summed E-state index contributed by atoms with van der Waals surface area (Å²) in [6, 6.07) is 12.6. The number of rotatable bonds is 6. The van der Waals surface area contributed by atoms with E-state index in [0.29, 0.717) is 16.1 Å². The number of aryl methyl sites for hydroxylation is 1. The van der Waals surface area contributed by atoms with E-state index in [1.165, 1.54) is 7.11 Å². The third kappa shape index (κ3) is 5.52. The topological polar surface area (TPSA) is 74.7 Å². The van der Waals surface area contributed by atoms with Crippen LogP contribution in [-0.2, 0) is 19.0 Å². The molecule has 0 bridgehead atoms. The molecular weight excluding hydrogens is 442 g/mol. The quantitative estimate of drug-likeness (QED) is 0.408. The molecule has 0 N–H and O–H groups in total. The fourth-order valence-electron chi connectivity index (χ4n) is 3.70. The molecule has 2 aromatic carbocycles. The predicted octanol–water partition coefficient (Wildman–Crippen LogP) is 6.07. The van der Waals surface area contributed by atoms with Gasteiger partial charge in [0.1, 0.15) is 5.69 Å². The second kappa shape index (κ2) is 9.89. The first-order chi connectivity index (χ1) is 15.6. The Morgan fingerprint density at radius 2 is 1.76 bits per heavy atom. The fourth-order valence-corrected chi connectivity index (χ4v) is 3.83. The first-order valence-corrected chi connectivity index (χ1v) is 11.1. The highest BCUT2D eigenvalue weighted by molar-refractivity contribution is 6.30. The molecule has 0 amide bonds. The Hall–Kier alpha value is -2.96. The minimum atomic E-state index is -0.958. The Labute approximate surface area is 198 Å². The van der Waals surface area contributed by atoms with E-state index in [0.717, 1.165) is 22.1 Å². The summed E-state index contributed by atoms with van der Waals surface area (Å²) in [4.78, 5) is 29.6. The molecule has 7 heteroatoms. The van der Waals surface area contributed by atoms with E-state index in [9.17, 15) is 9.59 Å². The molecular formula is C26H28ClNO5. The number of fused-ring (bicyclic) bond motifs is 1. The highest BCUT2D eigenvalue weighted by Gasteiger charge is 2.33. The maximum absolute atomic E-state index is 13.1. The van der Waals surface area contributed by atoms with Gasteiger partial charge in [0, 0.05) is 16.0 Å². The van der Waals surface area contributed by atoms with Crippen LogP contribution in [0.4, 0.5) is 0 Å². The van der Waals surface area contributed by atoms with Crippen molar-refractivity contribution < 1.29 is 23.8 Å². The van der Waals surface area contributed by atoms with Crippen molar-refractivity contribution >= 4 is 34.4 Å². The number of carbonyl (C=O) groups is 2. The lowest BCUT2D eigenvalue weighted by Crippen LogP contribution is -2.29. The molecule has 0 radical (unpaired) electrons. The van der Waals surface area contributed by atoms with E-state index in [1.807, 2.05) is 45.9 Å². The highest BCUT2D eigenvalue weighted by atomic mass is 35.5. The van der Waals surface area contributed by atoms with Crippen LogP contribution in [0.1, 0.15) is 55.4 Å². The number of hydrogen-bond donors (Lipinski definition) is 0. The van der Waals surface area contributed by atoms with Crippen molar-refractivity contribution in [2.45, 2.75) is 46.3 Å². The van der Waals surface area contributed by atoms with E-state index in [1.54, 1.807) is 31.2 Å². The zero-order valence-electron chi connectivity index (χ0n) is 19.7. The van der Waals surface area contributed by atoms with Crippen LogP contribution in [-0.4, -0.2) is 36.2 Å². The largest absolute Gasteiger partial charge is 0.464 e. The number of ether oxygens (including phenoxy) is 3. The van der Waals surface area contributed by atoms with Gasteiger partial charge in [0.25, 0.3) is 0 Å². The summed E-state index contributed by atoms with van der Waals surface area (Å²) in [6.07, 6.45) is -0.958. The summed E-state index contributed by atoms with van der Waals surface area (Å²) in [7, 11) is 1.31. The van der Waals surface area contributed by atoms with Crippen LogP contribution in [0.5, 0.6) is 0 Å². The summed E-state index contributed by atoms with van der Waals surface area (Å²) in [5.74, 6) is -0.989. The summed E-state index contributed by atoms with van der Waals surface area (Å²) < 4.78 is 16.4. The zero-order valence-corrected chi connectivity index (χ0v) is 20.4. The second-order valence-corrected chi connectivity index (χ2v) is 9.04. The molecule has 6 nitrogen and oxygen atoms in total. The monoisotopic (exact) mass is 469 g/mol. The van der Waals surface area contributed by atoms with Crippen LogP contribution >= 0.6 is 11.6 Å². The Balaban J connectivity index is 2.38. The van der Waals surface area contributed by atoms with Crippen molar-refractivity contribution in [3.05, 3.63) is 64.3 Å². The summed E-state index contributed by atoms with van der Waals surface area (Å²) >= 11 is 6.14. The van der Waals surface area contributed by atoms with Gasteiger partial charge in [-0.25, -0.2) is 14.6 Å². The van der Waals surface area contributed by atoms with Gasteiger partial charge in [-0.15, -0.1) is 0 Å². The molecule has 0 fully saturated rings. The molecule has 0 spiro atoms. The zero-order chi connectivity index (χ0) is 24.3. The molecule has 1 heterocycles. The van der Waals surface area contributed by atoms with E-state index in [2.05, 4.69) is 4.98 Å². The van der Waals surface area contributed by atoms with E-state index in [4.69, 9.17) is 25.8 Å². The third-order valence-corrected chi connectivity index (χ3v) is 5.26. The lowest BCUT2D eigenvalue weighted by atomic mass is 9.88. The van der Waals surface area contributed by atoms with Crippen LogP contribution in [0.15, 0.2) is 42.5 Å². The van der Waals surface area contributed by atoms with Gasteiger partial charge in [0.05, 0.1) is 24.8 Å². The molecule has 3 rings (SSSR count). The summed E-state index contributed by atoms with van der Waals surface area (Å²) in [5.41, 5.74) is 3.27. The Morgan fingerprint density at radius 3 is 2.33 bits per heavy atom. The van der Waals surface area contributed by atoms with Gasteiger partial charge in [0.2, 0.25) is 0 Å². The normalized spacial score (nSPS) is 12.5. The second-order valence-electron chi connectivity index (χ2n) is 8.61. The van der Waals surface area contributed by atoms with Gasteiger partial charge >= 0.3 is 11.9 Å². The van der Waals surface area contributed by atoms with Gasteiger partial charge in [-0.3, -0.25) is 0 Å². The van der Waals surface area contributed by atoms with E-state index >= 15 is 0 Å². The molecule has 1 unspecified atom stereocenters. The SMILES string of the molecule is CCOC(=O)C(OC(C)(C)C)c1c(C)cc2nc(C(=O)OC)ccc2c1-c1ccc(Cl)cc1. The lowest BCUT2D eigenvalue weighted by molar-refractivity contribution is -0.166. The Kier molecular flexibility index (Phi) is 7.40. The maximum Gasteiger partial charge on any atom is 0.356 e. The number of carbonyl (C=O) groups excluding carboxylic acids is 2. The van der Waals surface area contributed by atoms with E-state index in [-0.39, 0.29) is 12.3 Å². The standard InChI is InChI=1S/C26H28ClNO5/c1-7-32-25(30)23(33-26(3,4)5)21-15(2)14-20-18(12-13-19(28-20)24(29)31-6)22(21)16-8-10-17(27)11-9-16/h8-14,23H,7H2,1-6H3. The number of aromatic nitrogens is 1. The number of esters is 2. The average molecular weight is 470 g/mol.